The molecule has 0 saturated heterocycles. The number of benzene rings is 2. The van der Waals surface area contributed by atoms with Gasteiger partial charge in [0.2, 0.25) is 11.8 Å². The lowest BCUT2D eigenvalue weighted by Gasteiger charge is -2.44. The molecule has 0 spiro atoms. The number of carbonyl (C=O) groups excluding carboxylic acids is 4. The van der Waals surface area contributed by atoms with Gasteiger partial charge < -0.3 is 26.0 Å². The maximum Gasteiger partial charge on any atom is 0.408 e. The second kappa shape index (κ2) is 13.0. The summed E-state index contributed by atoms with van der Waals surface area (Å²) in [6.45, 7) is 10.9. The first-order valence-electron chi connectivity index (χ1n) is 13.8. The Morgan fingerprint density at radius 2 is 1.57 bits per heavy atom. The summed E-state index contributed by atoms with van der Waals surface area (Å²) in [6.07, 6.45) is 1.44. The van der Waals surface area contributed by atoms with Gasteiger partial charge in [0.1, 0.15) is 17.7 Å². The topological polar surface area (TPSA) is 131 Å². The molecule has 9 nitrogen and oxygen atoms in total. The second-order valence-corrected chi connectivity index (χ2v) is 11.5. The van der Waals surface area contributed by atoms with E-state index in [1.807, 2.05) is 63.2 Å². The number of nitrogens with one attached hydrogen (secondary N) is 2. The molecule has 40 heavy (non-hydrogen) atoms. The van der Waals surface area contributed by atoms with E-state index >= 15 is 0 Å². The zero-order valence-corrected chi connectivity index (χ0v) is 24.4. The molecule has 2 unspecified atom stereocenters. The van der Waals surface area contributed by atoms with Gasteiger partial charge in [-0.1, -0.05) is 36.4 Å². The molecule has 216 valence electrons. The smallest absolute Gasteiger partial charge is 0.408 e. The van der Waals surface area contributed by atoms with Crippen LogP contribution in [0.25, 0.3) is 0 Å². The number of rotatable bonds is 10. The van der Waals surface area contributed by atoms with E-state index in [9.17, 15) is 19.2 Å². The quantitative estimate of drug-likeness (QED) is 0.390. The minimum atomic E-state index is -1.11. The minimum absolute atomic E-state index is 0.0183. The molecule has 4 amide bonds. The summed E-state index contributed by atoms with van der Waals surface area (Å²) in [6, 6.07) is 10.9. The summed E-state index contributed by atoms with van der Waals surface area (Å²) < 4.78 is 5.41. The number of primary amides is 1. The number of hydrogen-bond acceptors (Lipinski definition) is 5. The average Bonchev–Trinajstić information content (AvgIpc) is 2.81. The zero-order valence-electron chi connectivity index (χ0n) is 24.4. The number of para-hydroxylation sites is 1. The van der Waals surface area contributed by atoms with Crippen LogP contribution >= 0.6 is 0 Å². The predicted octanol–water partition coefficient (Wildman–Crippen LogP) is 4.83. The van der Waals surface area contributed by atoms with E-state index in [2.05, 4.69) is 10.6 Å². The number of nitrogens with two attached hydrogens (primary N) is 1. The van der Waals surface area contributed by atoms with Crippen LogP contribution in [0.4, 0.5) is 10.5 Å². The van der Waals surface area contributed by atoms with Crippen LogP contribution in [0.5, 0.6) is 0 Å². The second-order valence-electron chi connectivity index (χ2n) is 11.5. The Labute approximate surface area is 236 Å². The summed E-state index contributed by atoms with van der Waals surface area (Å²) in [7, 11) is 0. The fraction of sp³-hybridized carbons (Fsp3) is 0.484. The van der Waals surface area contributed by atoms with Gasteiger partial charge in [-0.3, -0.25) is 14.4 Å². The van der Waals surface area contributed by atoms with Crippen molar-refractivity contribution in [1.29, 1.82) is 0 Å². The van der Waals surface area contributed by atoms with Crippen molar-refractivity contribution in [3.05, 3.63) is 64.7 Å². The number of hydrogen-bond donors (Lipinski definition) is 3. The van der Waals surface area contributed by atoms with Crippen molar-refractivity contribution in [3.63, 3.8) is 0 Å². The lowest BCUT2D eigenvalue weighted by atomic mass is 9.86. The van der Waals surface area contributed by atoms with E-state index in [1.54, 1.807) is 25.7 Å². The van der Waals surface area contributed by atoms with Crippen molar-refractivity contribution in [3.8, 4) is 0 Å². The zero-order chi connectivity index (χ0) is 29.6. The number of amides is 4. The Balaban J connectivity index is 2.08. The van der Waals surface area contributed by atoms with E-state index in [0.717, 1.165) is 41.5 Å². The largest absolute Gasteiger partial charge is 0.444 e. The molecule has 1 fully saturated rings. The van der Waals surface area contributed by atoms with E-state index in [0.29, 0.717) is 5.69 Å². The molecule has 1 aliphatic rings. The normalized spacial score (nSPS) is 14.8. The van der Waals surface area contributed by atoms with Crippen LogP contribution in [0, 0.1) is 20.8 Å². The molecule has 9 heteroatoms. The van der Waals surface area contributed by atoms with Gasteiger partial charge in [0.15, 0.2) is 0 Å². The predicted molar refractivity (Wildman–Crippen MR) is 155 cm³/mol. The Morgan fingerprint density at radius 3 is 2.10 bits per heavy atom. The fourth-order valence-corrected chi connectivity index (χ4v) is 4.93. The first kappa shape index (κ1) is 30.7. The molecular weight excluding hydrogens is 508 g/mol. The monoisotopic (exact) mass is 550 g/mol. The van der Waals surface area contributed by atoms with Gasteiger partial charge in [-0.15, -0.1) is 0 Å². The molecule has 2 atom stereocenters. The van der Waals surface area contributed by atoms with Crippen LogP contribution in [0.1, 0.15) is 81.2 Å². The number of anilines is 1. The SMILES string of the molecule is Cc1ccccc1NC(=O)C(c1c(C)cccc1C)N(C(=O)C(CCC(N)=O)NC(=O)OC(C)(C)C)C1CCC1. The standard InChI is InChI=1S/C31H42N4O5/c1-19-11-7-8-16-23(19)33-28(37)27(26-20(2)12-9-13-21(26)3)35(22-14-10-15-22)29(38)24(17-18-25(32)36)34-30(39)40-31(4,5)6/h7-9,11-13,16,22,24,27H,10,14-15,17-18H2,1-6H3,(H2,32,36)(H,33,37)(H,34,39). The highest BCUT2D eigenvalue weighted by Gasteiger charge is 2.43. The highest BCUT2D eigenvalue weighted by Crippen LogP contribution is 2.37. The van der Waals surface area contributed by atoms with Gasteiger partial charge in [-0.05, 0) is 95.5 Å². The van der Waals surface area contributed by atoms with Crippen molar-refractivity contribution in [2.24, 2.45) is 5.73 Å². The van der Waals surface area contributed by atoms with Crippen LogP contribution in [0.15, 0.2) is 42.5 Å². The van der Waals surface area contributed by atoms with Crippen molar-refractivity contribution < 1.29 is 23.9 Å². The van der Waals surface area contributed by atoms with E-state index in [-0.39, 0.29) is 24.8 Å². The summed E-state index contributed by atoms with van der Waals surface area (Å²) in [5, 5.41) is 5.70. The lowest BCUT2D eigenvalue weighted by molar-refractivity contribution is -0.146. The van der Waals surface area contributed by atoms with Gasteiger partial charge in [-0.2, -0.15) is 0 Å². The van der Waals surface area contributed by atoms with E-state index in [4.69, 9.17) is 10.5 Å². The minimum Gasteiger partial charge on any atom is -0.444 e. The van der Waals surface area contributed by atoms with Gasteiger partial charge in [0.25, 0.3) is 5.91 Å². The number of carbonyl (C=O) groups is 4. The van der Waals surface area contributed by atoms with Crippen molar-refractivity contribution >= 4 is 29.5 Å². The first-order valence-corrected chi connectivity index (χ1v) is 13.8. The molecule has 0 radical (unpaired) electrons. The molecule has 1 saturated carbocycles. The first-order chi connectivity index (χ1) is 18.8. The molecule has 0 heterocycles. The summed E-state index contributed by atoms with van der Waals surface area (Å²) in [5.74, 6) is -1.40. The van der Waals surface area contributed by atoms with Crippen LogP contribution in [-0.4, -0.2) is 46.4 Å². The van der Waals surface area contributed by atoms with E-state index < -0.39 is 35.6 Å². The van der Waals surface area contributed by atoms with Crippen LogP contribution in [-0.2, 0) is 19.1 Å². The number of aryl methyl sites for hydroxylation is 3. The molecule has 3 rings (SSSR count). The third kappa shape index (κ3) is 7.83. The molecule has 1 aliphatic carbocycles. The van der Waals surface area contributed by atoms with Gasteiger partial charge >= 0.3 is 6.09 Å². The third-order valence-electron chi connectivity index (χ3n) is 7.14. The molecule has 4 N–H and O–H groups in total. The lowest BCUT2D eigenvalue weighted by Crippen LogP contribution is -2.57. The number of ether oxygens (including phenoxy) is 1. The molecular formula is C31H42N4O5. The third-order valence-corrected chi connectivity index (χ3v) is 7.14. The Morgan fingerprint density at radius 1 is 0.975 bits per heavy atom. The van der Waals surface area contributed by atoms with Crippen LogP contribution < -0.4 is 16.4 Å². The Hall–Kier alpha value is -3.88. The Kier molecular flexibility index (Phi) is 9.95. The molecule has 0 aliphatic heterocycles. The summed E-state index contributed by atoms with van der Waals surface area (Å²) in [5.41, 5.74) is 8.65. The van der Waals surface area contributed by atoms with Crippen LogP contribution in [0.3, 0.4) is 0 Å². The fourth-order valence-electron chi connectivity index (χ4n) is 4.93. The highest BCUT2D eigenvalue weighted by atomic mass is 16.6. The number of alkyl carbamates (subject to hydrolysis) is 1. The average molecular weight is 551 g/mol. The molecule has 0 bridgehead atoms. The Bertz CT molecular complexity index is 1230. The van der Waals surface area contributed by atoms with Crippen molar-refractivity contribution in [1.82, 2.24) is 10.2 Å². The van der Waals surface area contributed by atoms with Crippen molar-refractivity contribution in [2.45, 2.75) is 97.4 Å². The summed E-state index contributed by atoms with van der Waals surface area (Å²) in [4.78, 5) is 54.6. The number of nitrogens with zero attached hydrogens (tertiary/aromatic N) is 1. The van der Waals surface area contributed by atoms with Gasteiger partial charge in [0.05, 0.1) is 0 Å². The molecule has 2 aromatic rings. The van der Waals surface area contributed by atoms with Crippen molar-refractivity contribution in [2.75, 3.05) is 5.32 Å². The maximum absolute atomic E-state index is 14.4. The molecule has 2 aromatic carbocycles. The highest BCUT2D eigenvalue weighted by molar-refractivity contribution is 6.00. The van der Waals surface area contributed by atoms with Crippen LogP contribution in [0.2, 0.25) is 0 Å². The molecule has 0 aromatic heterocycles. The van der Waals surface area contributed by atoms with Gasteiger partial charge in [0, 0.05) is 18.2 Å². The summed E-state index contributed by atoms with van der Waals surface area (Å²) >= 11 is 0. The maximum atomic E-state index is 14.4. The van der Waals surface area contributed by atoms with E-state index in [1.165, 1.54) is 0 Å². The van der Waals surface area contributed by atoms with Gasteiger partial charge in [-0.25, -0.2) is 4.79 Å².